The number of amides is 2. The van der Waals surface area contributed by atoms with Gasteiger partial charge in [-0.25, -0.2) is 15.2 Å². The predicted octanol–water partition coefficient (Wildman–Crippen LogP) is 2.24. The highest BCUT2D eigenvalue weighted by atomic mass is 35.5. The number of aliphatic hydroxyl groups excluding tert-OH is 1. The van der Waals surface area contributed by atoms with E-state index in [-0.39, 0.29) is 43.7 Å². The number of urea groups is 1. The molecule has 0 unspecified atom stereocenters. The molecule has 0 bridgehead atoms. The van der Waals surface area contributed by atoms with Crippen LogP contribution in [0.25, 0.3) is 11.0 Å². The molecule has 3 aromatic rings. The summed E-state index contributed by atoms with van der Waals surface area (Å²) in [6.07, 6.45) is -1.55. The molecule has 1 aromatic heterocycles. The van der Waals surface area contributed by atoms with E-state index >= 15 is 0 Å². The number of H-pyrrole nitrogens is 1. The number of nitrogens with one attached hydrogen (secondary N) is 2. The fourth-order valence-electron chi connectivity index (χ4n) is 2.56. The minimum atomic E-state index is -1.55. The first kappa shape index (κ1) is 21.2. The van der Waals surface area contributed by atoms with Gasteiger partial charge in [0.15, 0.2) is 5.69 Å². The molecule has 0 radical (unpaired) electrons. The van der Waals surface area contributed by atoms with Crippen molar-refractivity contribution < 1.29 is 14.8 Å². The van der Waals surface area contributed by atoms with Gasteiger partial charge < -0.3 is 15.8 Å². The zero-order valence-corrected chi connectivity index (χ0v) is 16.3. The number of hydrogen-bond donors (Lipinski definition) is 4. The van der Waals surface area contributed by atoms with Gasteiger partial charge in [-0.05, 0) is 23.8 Å². The van der Waals surface area contributed by atoms with Crippen LogP contribution in [0.2, 0.25) is 10.0 Å². The Morgan fingerprint density at radius 2 is 2.00 bits per heavy atom. The number of aromatic amines is 1. The number of hydrogen-bond acceptors (Lipinski definition) is 7. The van der Waals surface area contributed by atoms with Gasteiger partial charge >= 0.3 is 6.03 Å². The number of nitrogens with two attached hydrogens (primary N) is 1. The van der Waals surface area contributed by atoms with E-state index in [1.165, 1.54) is 30.3 Å². The fraction of sp³-hybridized carbons (Fsp3) is 0.0588. The van der Waals surface area contributed by atoms with Gasteiger partial charge in [0, 0.05) is 12.1 Å². The third-order valence-electron chi connectivity index (χ3n) is 3.93. The van der Waals surface area contributed by atoms with E-state index in [0.29, 0.717) is 0 Å². The molecule has 0 spiro atoms. The SMILES string of the molecule is NC(=O)N/N=C(\c1nc2ccc([N+](=O)[O-])cc2[nH]c1=O)[C@H](O)c1ccc(Cl)c(Cl)c1. The number of carbonyl (C=O) groups excluding carboxylic acids is 1. The molecular formula is C17H12Cl2N6O5. The molecule has 3 rings (SSSR count). The molecule has 2 amide bonds. The Balaban J connectivity index is 2.16. The summed E-state index contributed by atoms with van der Waals surface area (Å²) >= 11 is 11.9. The van der Waals surface area contributed by atoms with E-state index in [4.69, 9.17) is 28.9 Å². The molecule has 0 saturated heterocycles. The van der Waals surface area contributed by atoms with Gasteiger partial charge in [0.1, 0.15) is 11.8 Å². The van der Waals surface area contributed by atoms with Crippen molar-refractivity contribution in [1.82, 2.24) is 15.4 Å². The number of non-ortho nitro benzene ring substituents is 1. The van der Waals surface area contributed by atoms with Gasteiger partial charge in [-0.3, -0.25) is 14.9 Å². The second-order valence-electron chi connectivity index (χ2n) is 5.92. The van der Waals surface area contributed by atoms with Crippen molar-refractivity contribution in [1.29, 1.82) is 0 Å². The van der Waals surface area contributed by atoms with Gasteiger partial charge in [-0.1, -0.05) is 29.3 Å². The van der Waals surface area contributed by atoms with Crippen LogP contribution in [-0.2, 0) is 0 Å². The fourth-order valence-corrected chi connectivity index (χ4v) is 2.87. The number of fused-ring (bicyclic) bond motifs is 1. The van der Waals surface area contributed by atoms with E-state index in [9.17, 15) is 24.8 Å². The topological polar surface area (TPSA) is 177 Å². The van der Waals surface area contributed by atoms with E-state index in [0.717, 1.165) is 6.07 Å². The van der Waals surface area contributed by atoms with Gasteiger partial charge in [-0.2, -0.15) is 5.10 Å². The molecule has 1 atom stereocenters. The smallest absolute Gasteiger partial charge is 0.332 e. The Kier molecular flexibility index (Phi) is 5.96. The van der Waals surface area contributed by atoms with Gasteiger partial charge in [-0.15, -0.1) is 0 Å². The van der Waals surface area contributed by atoms with Crippen molar-refractivity contribution in [2.24, 2.45) is 10.8 Å². The normalized spacial score (nSPS) is 12.6. The highest BCUT2D eigenvalue weighted by Gasteiger charge is 2.24. The maximum atomic E-state index is 12.6. The van der Waals surface area contributed by atoms with Crippen LogP contribution < -0.4 is 16.7 Å². The summed E-state index contributed by atoms with van der Waals surface area (Å²) in [6, 6.07) is 6.84. The van der Waals surface area contributed by atoms with E-state index < -0.39 is 22.6 Å². The standard InChI is InChI=1S/C17H12Cl2N6O5/c18-9-3-1-7(5-10(9)19)15(26)13(23-24-17(20)28)14-16(27)22-12-6-8(25(29)30)2-4-11(12)21-14/h1-6,15,26H,(H,22,27)(H3,20,24,28)/b23-13+/t15-/m1/s1. The molecule has 0 fully saturated rings. The summed E-state index contributed by atoms with van der Waals surface area (Å²) in [5, 5.41) is 25.8. The number of nitro benzene ring substituents is 1. The Labute approximate surface area is 177 Å². The Bertz CT molecular complexity index is 1260. The third-order valence-corrected chi connectivity index (χ3v) is 4.67. The average molecular weight is 451 g/mol. The van der Waals surface area contributed by atoms with E-state index in [2.05, 4.69) is 15.1 Å². The lowest BCUT2D eigenvalue weighted by molar-refractivity contribution is -0.384. The highest BCUT2D eigenvalue weighted by Crippen LogP contribution is 2.27. The molecule has 30 heavy (non-hydrogen) atoms. The van der Waals surface area contributed by atoms with Crippen LogP contribution in [0.5, 0.6) is 0 Å². The van der Waals surface area contributed by atoms with Gasteiger partial charge in [0.05, 0.1) is 26.0 Å². The van der Waals surface area contributed by atoms with Crippen LogP contribution in [-0.4, -0.2) is 31.7 Å². The molecule has 0 aliphatic carbocycles. The molecule has 0 aliphatic rings. The first-order valence-electron chi connectivity index (χ1n) is 8.12. The molecule has 154 valence electrons. The highest BCUT2D eigenvalue weighted by molar-refractivity contribution is 6.42. The molecule has 11 nitrogen and oxygen atoms in total. The number of benzene rings is 2. The summed E-state index contributed by atoms with van der Waals surface area (Å²) < 4.78 is 0. The van der Waals surface area contributed by atoms with Crippen molar-refractivity contribution >= 4 is 51.7 Å². The molecule has 5 N–H and O–H groups in total. The van der Waals surface area contributed by atoms with Crippen molar-refractivity contribution in [2.75, 3.05) is 0 Å². The number of rotatable bonds is 5. The molecule has 0 aliphatic heterocycles. The zero-order chi connectivity index (χ0) is 22.0. The van der Waals surface area contributed by atoms with Gasteiger partial charge in [0.25, 0.3) is 11.2 Å². The maximum absolute atomic E-state index is 12.6. The van der Waals surface area contributed by atoms with Crippen LogP contribution in [0.3, 0.4) is 0 Å². The number of nitrogens with zero attached hydrogens (tertiary/aromatic N) is 3. The number of aliphatic hydroxyl groups is 1. The van der Waals surface area contributed by atoms with Crippen molar-refractivity contribution in [2.45, 2.75) is 6.10 Å². The van der Waals surface area contributed by atoms with Crippen LogP contribution >= 0.6 is 23.2 Å². The summed E-state index contributed by atoms with van der Waals surface area (Å²) in [4.78, 5) is 40.6. The number of primary amides is 1. The average Bonchev–Trinajstić information content (AvgIpc) is 2.69. The summed E-state index contributed by atoms with van der Waals surface area (Å²) in [6.45, 7) is 0. The Hall–Kier alpha value is -3.54. The third kappa shape index (κ3) is 4.38. The summed E-state index contributed by atoms with van der Waals surface area (Å²) in [7, 11) is 0. The van der Waals surface area contributed by atoms with E-state index in [1.807, 2.05) is 5.43 Å². The number of hydrazone groups is 1. The molecule has 2 aromatic carbocycles. The number of halogens is 2. The monoisotopic (exact) mass is 450 g/mol. The maximum Gasteiger partial charge on any atom is 0.332 e. The number of nitro groups is 1. The first-order valence-corrected chi connectivity index (χ1v) is 8.88. The van der Waals surface area contributed by atoms with Crippen LogP contribution in [0.4, 0.5) is 10.5 Å². The van der Waals surface area contributed by atoms with Gasteiger partial charge in [0.2, 0.25) is 0 Å². The largest absolute Gasteiger partial charge is 0.382 e. The van der Waals surface area contributed by atoms with Crippen molar-refractivity contribution in [3.63, 3.8) is 0 Å². The molecule has 0 saturated carbocycles. The zero-order valence-electron chi connectivity index (χ0n) is 14.8. The lowest BCUT2D eigenvalue weighted by Gasteiger charge is -2.14. The molecule has 13 heteroatoms. The van der Waals surface area contributed by atoms with Crippen molar-refractivity contribution in [3.8, 4) is 0 Å². The first-order chi connectivity index (χ1) is 14.2. The Morgan fingerprint density at radius 1 is 1.27 bits per heavy atom. The second-order valence-corrected chi connectivity index (χ2v) is 6.74. The molecule has 1 heterocycles. The lowest BCUT2D eigenvalue weighted by Crippen LogP contribution is -2.31. The second kappa shape index (κ2) is 8.45. The lowest BCUT2D eigenvalue weighted by atomic mass is 10.0. The van der Waals surface area contributed by atoms with Crippen LogP contribution in [0.1, 0.15) is 17.4 Å². The Morgan fingerprint density at radius 3 is 2.63 bits per heavy atom. The summed E-state index contributed by atoms with van der Waals surface area (Å²) in [5.74, 6) is 0. The predicted molar refractivity (Wildman–Crippen MR) is 110 cm³/mol. The molecular weight excluding hydrogens is 439 g/mol. The minimum absolute atomic E-state index is 0.101. The number of carbonyl (C=O) groups is 1. The van der Waals surface area contributed by atoms with Crippen molar-refractivity contribution in [3.05, 3.63) is 78.2 Å². The minimum Gasteiger partial charge on any atom is -0.382 e. The quantitative estimate of drug-likeness (QED) is 0.263. The van der Waals surface area contributed by atoms with Crippen LogP contribution in [0, 0.1) is 10.1 Å². The summed E-state index contributed by atoms with van der Waals surface area (Å²) in [5.41, 5.74) is 5.73. The van der Waals surface area contributed by atoms with E-state index in [1.54, 1.807) is 0 Å². The van der Waals surface area contributed by atoms with Crippen LogP contribution in [0.15, 0.2) is 46.3 Å². The number of aromatic nitrogens is 2.